The smallest absolute Gasteiger partial charge is 0.175 e. The van der Waals surface area contributed by atoms with E-state index in [1.165, 1.54) is 25.7 Å². The Bertz CT molecular complexity index is 609. The number of aryl methyl sites for hydroxylation is 1. The quantitative estimate of drug-likeness (QED) is 0.846. The summed E-state index contributed by atoms with van der Waals surface area (Å²) in [4.78, 5) is 2.36. The Balaban J connectivity index is 1.56. The average Bonchev–Trinajstić information content (AvgIpc) is 3.00. The minimum atomic E-state index is 0.772. The van der Waals surface area contributed by atoms with Crippen molar-refractivity contribution in [2.45, 2.75) is 46.5 Å². The number of hydrogen-bond donors (Lipinski definition) is 0. The molecule has 3 heterocycles. The zero-order chi connectivity index (χ0) is 16.2. The molecule has 1 fully saturated rings. The molecule has 23 heavy (non-hydrogen) atoms. The molecule has 1 saturated heterocycles. The maximum absolute atomic E-state index is 4.40. The second kappa shape index (κ2) is 7.11. The van der Waals surface area contributed by atoms with Crippen molar-refractivity contribution in [3.05, 3.63) is 30.1 Å². The van der Waals surface area contributed by atoms with Gasteiger partial charge in [0.2, 0.25) is 0 Å². The Kier molecular flexibility index (Phi) is 4.94. The molecule has 2 aromatic rings. The van der Waals surface area contributed by atoms with Crippen LogP contribution in [0.5, 0.6) is 0 Å². The number of nitrogens with zero attached hydrogens (tertiary/aromatic N) is 5. The van der Waals surface area contributed by atoms with Crippen LogP contribution in [0.25, 0.3) is 5.82 Å². The Morgan fingerprint density at radius 2 is 1.78 bits per heavy atom. The van der Waals surface area contributed by atoms with Gasteiger partial charge in [0.15, 0.2) is 11.6 Å². The highest BCUT2D eigenvalue weighted by atomic mass is 15.4. The van der Waals surface area contributed by atoms with Gasteiger partial charge in [0.05, 0.1) is 5.69 Å². The Morgan fingerprint density at radius 3 is 2.35 bits per heavy atom. The van der Waals surface area contributed by atoms with E-state index in [2.05, 4.69) is 40.1 Å². The molecule has 0 N–H and O–H groups in total. The summed E-state index contributed by atoms with van der Waals surface area (Å²) < 4.78 is 1.77. The van der Waals surface area contributed by atoms with Gasteiger partial charge in [-0.05, 0) is 49.8 Å². The Morgan fingerprint density at radius 1 is 1.09 bits per heavy atom. The van der Waals surface area contributed by atoms with Crippen molar-refractivity contribution >= 4 is 5.82 Å². The fraction of sp³-hybridized carbons (Fsp3) is 0.611. The molecule has 0 bridgehead atoms. The maximum Gasteiger partial charge on any atom is 0.175 e. The van der Waals surface area contributed by atoms with Crippen LogP contribution in [0.15, 0.2) is 24.4 Å². The van der Waals surface area contributed by atoms with Gasteiger partial charge in [-0.1, -0.05) is 26.7 Å². The van der Waals surface area contributed by atoms with Gasteiger partial charge in [-0.3, -0.25) is 0 Å². The number of hydrogen-bond acceptors (Lipinski definition) is 4. The van der Waals surface area contributed by atoms with Gasteiger partial charge in [0.1, 0.15) is 0 Å². The van der Waals surface area contributed by atoms with Crippen LogP contribution in [0, 0.1) is 18.8 Å². The van der Waals surface area contributed by atoms with E-state index in [0.29, 0.717) is 0 Å². The van der Waals surface area contributed by atoms with Gasteiger partial charge in [0, 0.05) is 19.3 Å². The lowest BCUT2D eigenvalue weighted by molar-refractivity contribution is 0.350. The first kappa shape index (κ1) is 16.0. The van der Waals surface area contributed by atoms with Crippen molar-refractivity contribution in [1.29, 1.82) is 0 Å². The van der Waals surface area contributed by atoms with Crippen molar-refractivity contribution in [2.24, 2.45) is 11.8 Å². The third kappa shape index (κ3) is 4.09. The lowest BCUT2D eigenvalue weighted by atomic mass is 9.90. The lowest BCUT2D eigenvalue weighted by Crippen LogP contribution is -2.34. The van der Waals surface area contributed by atoms with E-state index in [-0.39, 0.29) is 0 Å². The molecule has 0 amide bonds. The first-order chi connectivity index (χ1) is 11.1. The number of anilines is 1. The topological polar surface area (TPSA) is 46.8 Å². The summed E-state index contributed by atoms with van der Waals surface area (Å²) in [5.74, 6) is 3.46. The van der Waals surface area contributed by atoms with E-state index < -0.39 is 0 Å². The molecule has 5 heteroatoms. The predicted octanol–water partition coefficient (Wildman–Crippen LogP) is 3.62. The van der Waals surface area contributed by atoms with Crippen LogP contribution in [-0.4, -0.2) is 33.1 Å². The average molecular weight is 313 g/mol. The molecule has 0 saturated carbocycles. The summed E-state index contributed by atoms with van der Waals surface area (Å²) in [6.07, 6.45) is 7.18. The predicted molar refractivity (Wildman–Crippen MR) is 92.9 cm³/mol. The summed E-state index contributed by atoms with van der Waals surface area (Å²) in [7, 11) is 0. The molecule has 0 spiro atoms. The van der Waals surface area contributed by atoms with Gasteiger partial charge in [0.25, 0.3) is 0 Å². The van der Waals surface area contributed by atoms with E-state index >= 15 is 0 Å². The highest BCUT2D eigenvalue weighted by Gasteiger charge is 2.20. The molecule has 3 rings (SSSR count). The molecule has 1 aliphatic heterocycles. The second-order valence-electron chi connectivity index (χ2n) is 7.05. The van der Waals surface area contributed by atoms with Gasteiger partial charge < -0.3 is 4.90 Å². The van der Waals surface area contributed by atoms with Crippen LogP contribution < -0.4 is 4.90 Å². The van der Waals surface area contributed by atoms with Crippen LogP contribution >= 0.6 is 0 Å². The zero-order valence-electron chi connectivity index (χ0n) is 14.4. The normalized spacial score (nSPS) is 16.3. The van der Waals surface area contributed by atoms with Crippen LogP contribution in [0.4, 0.5) is 5.82 Å². The van der Waals surface area contributed by atoms with Gasteiger partial charge in [-0.15, -0.1) is 10.2 Å². The molecular weight excluding hydrogens is 286 g/mol. The molecule has 2 aromatic heterocycles. The summed E-state index contributed by atoms with van der Waals surface area (Å²) in [5, 5.41) is 13.1. The molecule has 124 valence electrons. The number of rotatable bonds is 5. The fourth-order valence-corrected chi connectivity index (χ4v) is 3.17. The second-order valence-corrected chi connectivity index (χ2v) is 7.05. The first-order valence-corrected chi connectivity index (χ1v) is 8.73. The Labute approximate surface area is 138 Å². The van der Waals surface area contributed by atoms with Crippen LogP contribution in [0.2, 0.25) is 0 Å². The maximum atomic E-state index is 4.40. The standard InChI is InChI=1S/C18H27N5/c1-14(2)4-5-16-9-11-22(12-10-16)17-6-7-18(20-19-17)23-13-8-15(3)21-23/h6-8,13-14,16H,4-5,9-12H2,1-3H3. The van der Waals surface area contributed by atoms with E-state index in [9.17, 15) is 0 Å². The van der Waals surface area contributed by atoms with Gasteiger partial charge >= 0.3 is 0 Å². The van der Waals surface area contributed by atoms with E-state index in [4.69, 9.17) is 0 Å². The molecule has 0 aliphatic carbocycles. The SMILES string of the molecule is Cc1ccn(-c2ccc(N3CCC(CCC(C)C)CC3)nn2)n1. The molecule has 0 atom stereocenters. The third-order valence-electron chi connectivity index (χ3n) is 4.68. The monoisotopic (exact) mass is 313 g/mol. The highest BCUT2D eigenvalue weighted by molar-refractivity contribution is 5.40. The zero-order valence-corrected chi connectivity index (χ0v) is 14.4. The van der Waals surface area contributed by atoms with E-state index in [0.717, 1.165) is 42.3 Å². The molecule has 1 aliphatic rings. The van der Waals surface area contributed by atoms with Crippen molar-refractivity contribution in [2.75, 3.05) is 18.0 Å². The third-order valence-corrected chi connectivity index (χ3v) is 4.68. The number of piperidine rings is 1. The van der Waals surface area contributed by atoms with Crippen LogP contribution in [0.1, 0.15) is 45.2 Å². The van der Waals surface area contributed by atoms with Crippen molar-refractivity contribution in [1.82, 2.24) is 20.0 Å². The number of aromatic nitrogens is 4. The molecule has 0 radical (unpaired) electrons. The molecule has 0 unspecified atom stereocenters. The molecule has 0 aromatic carbocycles. The van der Waals surface area contributed by atoms with Crippen LogP contribution in [-0.2, 0) is 0 Å². The van der Waals surface area contributed by atoms with Crippen molar-refractivity contribution < 1.29 is 0 Å². The van der Waals surface area contributed by atoms with Crippen molar-refractivity contribution in [3.63, 3.8) is 0 Å². The van der Waals surface area contributed by atoms with E-state index in [1.807, 2.05) is 25.3 Å². The summed E-state index contributed by atoms with van der Waals surface area (Å²) in [6, 6.07) is 6.03. The Hall–Kier alpha value is -1.91. The highest BCUT2D eigenvalue weighted by Crippen LogP contribution is 2.26. The first-order valence-electron chi connectivity index (χ1n) is 8.73. The minimum Gasteiger partial charge on any atom is -0.355 e. The molecule has 5 nitrogen and oxygen atoms in total. The van der Waals surface area contributed by atoms with Gasteiger partial charge in [-0.25, -0.2) is 4.68 Å². The fourth-order valence-electron chi connectivity index (χ4n) is 3.17. The van der Waals surface area contributed by atoms with Crippen LogP contribution in [0.3, 0.4) is 0 Å². The summed E-state index contributed by atoms with van der Waals surface area (Å²) >= 11 is 0. The van der Waals surface area contributed by atoms with E-state index in [1.54, 1.807) is 4.68 Å². The summed E-state index contributed by atoms with van der Waals surface area (Å²) in [5.41, 5.74) is 0.986. The largest absolute Gasteiger partial charge is 0.355 e. The van der Waals surface area contributed by atoms with Crippen molar-refractivity contribution in [3.8, 4) is 5.82 Å². The lowest BCUT2D eigenvalue weighted by Gasteiger charge is -2.32. The van der Waals surface area contributed by atoms with Gasteiger partial charge in [-0.2, -0.15) is 5.10 Å². The summed E-state index contributed by atoms with van der Waals surface area (Å²) in [6.45, 7) is 8.79. The minimum absolute atomic E-state index is 0.772. The molecular formula is C18H27N5.